The van der Waals surface area contributed by atoms with Gasteiger partial charge in [0, 0.05) is 12.2 Å². The molecule has 4 N–H and O–H groups in total. The summed E-state index contributed by atoms with van der Waals surface area (Å²) in [5, 5.41) is 12.0. The minimum atomic E-state index is -0.988. The number of hydrogen-bond acceptors (Lipinski definition) is 5. The van der Waals surface area contributed by atoms with E-state index < -0.39 is 11.9 Å². The molecule has 0 fully saturated rings. The fraction of sp³-hybridized carbons (Fsp3) is 0.462. The summed E-state index contributed by atoms with van der Waals surface area (Å²) in [4.78, 5) is 25.8. The molecule has 0 aliphatic heterocycles. The van der Waals surface area contributed by atoms with Crippen LogP contribution < -0.4 is 11.1 Å². The van der Waals surface area contributed by atoms with Gasteiger partial charge < -0.3 is 20.9 Å². The van der Waals surface area contributed by atoms with E-state index in [-0.39, 0.29) is 18.8 Å². The number of primary amides is 1. The molecule has 20 heavy (non-hydrogen) atoms. The summed E-state index contributed by atoms with van der Waals surface area (Å²) in [6.07, 6.45) is 1.60. The highest BCUT2D eigenvalue weighted by atomic mass is 16.5. The molecule has 0 radical (unpaired) electrons. The molecule has 7 heteroatoms. The fourth-order valence-electron chi connectivity index (χ4n) is 1.61. The monoisotopic (exact) mass is 281 g/mol. The van der Waals surface area contributed by atoms with Crippen LogP contribution in [-0.2, 0) is 16.0 Å². The molecule has 7 nitrogen and oxygen atoms in total. The first-order valence-electron chi connectivity index (χ1n) is 6.37. The predicted molar refractivity (Wildman–Crippen MR) is 73.7 cm³/mol. The summed E-state index contributed by atoms with van der Waals surface area (Å²) in [7, 11) is 0. The maximum Gasteiger partial charge on any atom is 0.335 e. The summed E-state index contributed by atoms with van der Waals surface area (Å²) in [6, 6.07) is 3.04. The average Bonchev–Trinajstić information content (AvgIpc) is 2.38. The summed E-state index contributed by atoms with van der Waals surface area (Å²) < 4.78 is 4.99. The molecule has 0 spiro atoms. The van der Waals surface area contributed by atoms with Gasteiger partial charge in [-0.3, -0.25) is 4.79 Å². The first-order valence-corrected chi connectivity index (χ1v) is 6.37. The van der Waals surface area contributed by atoms with E-state index in [2.05, 4.69) is 10.3 Å². The molecule has 0 aromatic carbocycles. The molecule has 0 aliphatic carbocycles. The third kappa shape index (κ3) is 5.66. The summed E-state index contributed by atoms with van der Waals surface area (Å²) in [6.45, 7) is 2.56. The van der Waals surface area contributed by atoms with E-state index in [1.807, 2.05) is 6.92 Å². The lowest BCUT2D eigenvalue weighted by atomic mass is 10.1. The lowest BCUT2D eigenvalue weighted by Gasteiger charge is -2.09. The van der Waals surface area contributed by atoms with Crippen LogP contribution in [0.15, 0.2) is 12.1 Å². The van der Waals surface area contributed by atoms with Crippen LogP contribution in [0, 0.1) is 0 Å². The van der Waals surface area contributed by atoms with E-state index in [0.717, 1.165) is 12.1 Å². The van der Waals surface area contributed by atoms with Gasteiger partial charge in [-0.15, -0.1) is 0 Å². The Balaban J connectivity index is 2.59. The molecule has 0 aliphatic rings. The maximum atomic E-state index is 11.0. The number of carbonyl (C=O) groups excluding carboxylic acids is 1. The van der Waals surface area contributed by atoms with Crippen LogP contribution in [0.1, 0.15) is 29.4 Å². The number of nitrogens with two attached hydrogens (primary N) is 1. The van der Waals surface area contributed by atoms with Crippen LogP contribution in [0.25, 0.3) is 0 Å². The maximum absolute atomic E-state index is 11.0. The zero-order valence-electron chi connectivity index (χ0n) is 11.4. The molecule has 1 amide bonds. The summed E-state index contributed by atoms with van der Waals surface area (Å²) >= 11 is 0. The Kier molecular flexibility index (Phi) is 6.45. The van der Waals surface area contributed by atoms with Crippen LogP contribution in [0.3, 0.4) is 0 Å². The predicted octanol–water partition coefficient (Wildman–Crippen LogP) is 0.646. The third-order valence-electron chi connectivity index (χ3n) is 2.43. The Morgan fingerprint density at radius 1 is 1.45 bits per heavy atom. The Morgan fingerprint density at radius 2 is 2.20 bits per heavy atom. The highest BCUT2D eigenvalue weighted by Crippen LogP contribution is 2.12. The second kappa shape index (κ2) is 8.11. The Bertz CT molecular complexity index is 477. The number of carboxylic acid groups (broad SMARTS) is 1. The topological polar surface area (TPSA) is 115 Å². The summed E-state index contributed by atoms with van der Waals surface area (Å²) in [5.74, 6) is -1.03. The number of amides is 1. The molecular weight excluding hydrogens is 262 g/mol. The number of hydrogen-bond donors (Lipinski definition) is 3. The number of carboxylic acids is 1. The van der Waals surface area contributed by atoms with E-state index in [1.54, 1.807) is 6.07 Å². The molecule has 0 bridgehead atoms. The molecule has 0 saturated heterocycles. The standard InChI is InChI=1S/C13H19N3O4/c1-2-3-10-6-9(13(18)19)7-12(16-10)15-4-5-20-8-11(14)17/h6-7H,2-5,8H2,1H3,(H2,14,17)(H,15,16)(H,18,19). The quantitative estimate of drug-likeness (QED) is 0.572. The number of rotatable bonds is 9. The van der Waals surface area contributed by atoms with Crippen molar-refractivity contribution in [3.05, 3.63) is 23.4 Å². The minimum absolute atomic E-state index is 0.134. The number of aryl methyl sites for hydroxylation is 1. The fourth-order valence-corrected chi connectivity index (χ4v) is 1.61. The molecule has 1 heterocycles. The van der Waals surface area contributed by atoms with E-state index in [1.165, 1.54) is 6.07 Å². The van der Waals surface area contributed by atoms with Crippen molar-refractivity contribution in [1.82, 2.24) is 4.98 Å². The minimum Gasteiger partial charge on any atom is -0.478 e. The number of anilines is 1. The lowest BCUT2D eigenvalue weighted by molar-refractivity contribution is -0.122. The smallest absolute Gasteiger partial charge is 0.335 e. The largest absolute Gasteiger partial charge is 0.478 e. The Hall–Kier alpha value is -2.15. The van der Waals surface area contributed by atoms with Crippen molar-refractivity contribution in [3.8, 4) is 0 Å². The van der Waals surface area contributed by atoms with Crippen molar-refractivity contribution in [2.75, 3.05) is 25.1 Å². The molecule has 0 saturated carbocycles. The summed E-state index contributed by atoms with van der Waals surface area (Å²) in [5.41, 5.74) is 5.86. The molecule has 1 aromatic heterocycles. The molecule has 0 unspecified atom stereocenters. The Morgan fingerprint density at radius 3 is 2.80 bits per heavy atom. The van der Waals surface area contributed by atoms with Crippen molar-refractivity contribution in [2.45, 2.75) is 19.8 Å². The van der Waals surface area contributed by atoms with Gasteiger partial charge in [-0.1, -0.05) is 13.3 Å². The second-order valence-corrected chi connectivity index (χ2v) is 4.23. The van der Waals surface area contributed by atoms with Crippen molar-refractivity contribution in [3.63, 3.8) is 0 Å². The first kappa shape index (κ1) is 15.9. The molecule has 110 valence electrons. The van der Waals surface area contributed by atoms with Crippen molar-refractivity contribution in [1.29, 1.82) is 0 Å². The SMILES string of the molecule is CCCc1cc(C(=O)O)cc(NCCOCC(N)=O)n1. The first-order chi connectivity index (χ1) is 9.52. The van der Waals surface area contributed by atoms with Crippen LogP contribution in [0.4, 0.5) is 5.82 Å². The molecule has 1 rings (SSSR count). The molecule has 1 aromatic rings. The van der Waals surface area contributed by atoms with Crippen molar-refractivity contribution in [2.24, 2.45) is 5.73 Å². The number of nitrogens with zero attached hydrogens (tertiary/aromatic N) is 1. The van der Waals surface area contributed by atoms with Crippen molar-refractivity contribution < 1.29 is 19.4 Å². The third-order valence-corrected chi connectivity index (χ3v) is 2.43. The highest BCUT2D eigenvalue weighted by molar-refractivity contribution is 5.88. The molecular formula is C13H19N3O4. The number of aromatic carboxylic acids is 1. The van der Waals surface area contributed by atoms with E-state index in [4.69, 9.17) is 15.6 Å². The number of aromatic nitrogens is 1. The number of ether oxygens (including phenoxy) is 1. The van der Waals surface area contributed by atoms with Gasteiger partial charge in [-0.05, 0) is 18.6 Å². The number of pyridine rings is 1. The normalized spacial score (nSPS) is 10.2. The van der Waals surface area contributed by atoms with Crippen LogP contribution in [-0.4, -0.2) is 41.7 Å². The van der Waals surface area contributed by atoms with Gasteiger partial charge in [0.1, 0.15) is 12.4 Å². The van der Waals surface area contributed by atoms with Gasteiger partial charge in [0.15, 0.2) is 0 Å². The van der Waals surface area contributed by atoms with Gasteiger partial charge in [-0.2, -0.15) is 0 Å². The second-order valence-electron chi connectivity index (χ2n) is 4.23. The highest BCUT2D eigenvalue weighted by Gasteiger charge is 2.08. The van der Waals surface area contributed by atoms with Crippen molar-refractivity contribution >= 4 is 17.7 Å². The van der Waals surface area contributed by atoms with Gasteiger partial charge in [0.05, 0.1) is 12.2 Å². The number of nitrogens with one attached hydrogen (secondary N) is 1. The van der Waals surface area contributed by atoms with Gasteiger partial charge >= 0.3 is 5.97 Å². The van der Waals surface area contributed by atoms with E-state index >= 15 is 0 Å². The zero-order chi connectivity index (χ0) is 15.0. The van der Waals surface area contributed by atoms with Crippen LogP contribution in [0.5, 0.6) is 0 Å². The zero-order valence-corrected chi connectivity index (χ0v) is 11.4. The lowest BCUT2D eigenvalue weighted by Crippen LogP contribution is -2.20. The van der Waals surface area contributed by atoms with E-state index in [0.29, 0.717) is 18.8 Å². The van der Waals surface area contributed by atoms with Gasteiger partial charge in [-0.25, -0.2) is 9.78 Å². The van der Waals surface area contributed by atoms with E-state index in [9.17, 15) is 9.59 Å². The van der Waals surface area contributed by atoms with Gasteiger partial charge in [0.25, 0.3) is 0 Å². The molecule has 0 atom stereocenters. The van der Waals surface area contributed by atoms with Crippen LogP contribution in [0.2, 0.25) is 0 Å². The average molecular weight is 281 g/mol. The Labute approximate surface area is 117 Å². The van der Waals surface area contributed by atoms with Crippen LogP contribution >= 0.6 is 0 Å². The van der Waals surface area contributed by atoms with Gasteiger partial charge in [0.2, 0.25) is 5.91 Å². The number of carbonyl (C=O) groups is 2.